The summed E-state index contributed by atoms with van der Waals surface area (Å²) < 4.78 is -12.3. The van der Waals surface area contributed by atoms with Gasteiger partial charge >= 0.3 is 0 Å². The van der Waals surface area contributed by atoms with Gasteiger partial charge in [-0.25, -0.2) is 0 Å². The monoisotopic (exact) mass is 528 g/mol. The molecule has 0 fully saturated rings. The first-order valence-electron chi connectivity index (χ1n) is 3.80. The normalized spacial score (nSPS) is 16.1. The minimum Gasteiger partial charge on any atom is -0.102 e. The smallest absolute Gasteiger partial charge is 0.102 e. The standard InChI is InChI=1S/C6HCl13/c7-1(8)2(9,10)3(11,12)4(13,14)5(15,16)6(17,18)19/h1H. The molecule has 0 radical (unpaired) electrons. The Kier molecular flexibility index (Phi) is 8.32. The molecule has 0 heterocycles. The van der Waals surface area contributed by atoms with Crippen molar-refractivity contribution in [3.63, 3.8) is 0 Å². The summed E-state index contributed by atoms with van der Waals surface area (Å²) in [5.41, 5.74) is 0. The zero-order valence-electron chi connectivity index (χ0n) is 7.99. The van der Waals surface area contributed by atoms with Gasteiger partial charge in [0.1, 0.15) is 4.84 Å². The Labute approximate surface area is 175 Å². The Morgan fingerprint density at radius 1 is 0.474 bits per heavy atom. The number of halogens is 13. The molecule has 0 saturated carbocycles. The van der Waals surface area contributed by atoms with E-state index in [4.69, 9.17) is 151 Å². The predicted molar refractivity (Wildman–Crippen MR) is 93.5 cm³/mol. The molecule has 0 amide bonds. The van der Waals surface area contributed by atoms with Crippen LogP contribution < -0.4 is 0 Å². The summed E-state index contributed by atoms with van der Waals surface area (Å²) >= 11 is 74.9. The van der Waals surface area contributed by atoms with Gasteiger partial charge in [0, 0.05) is 0 Å². The summed E-state index contributed by atoms with van der Waals surface area (Å²) in [4.78, 5) is -1.53. The van der Waals surface area contributed by atoms with Crippen molar-refractivity contribution in [2.45, 2.75) is 26.0 Å². The van der Waals surface area contributed by atoms with Gasteiger partial charge in [0.05, 0.1) is 0 Å². The molecular formula is C6HCl13. The molecule has 0 N–H and O–H groups in total. The first-order chi connectivity index (χ1) is 7.94. The molecule has 0 aliphatic heterocycles. The van der Waals surface area contributed by atoms with E-state index >= 15 is 0 Å². The quantitative estimate of drug-likeness (QED) is 0.323. The molecule has 0 aliphatic rings. The maximum absolute atomic E-state index is 5.93. The van der Waals surface area contributed by atoms with Crippen LogP contribution in [0, 0.1) is 0 Å². The van der Waals surface area contributed by atoms with Crippen molar-refractivity contribution in [2.75, 3.05) is 0 Å². The van der Waals surface area contributed by atoms with Crippen molar-refractivity contribution in [2.24, 2.45) is 0 Å². The highest BCUT2D eigenvalue weighted by molar-refractivity contribution is 6.81. The van der Waals surface area contributed by atoms with E-state index in [-0.39, 0.29) is 0 Å². The van der Waals surface area contributed by atoms with Crippen LogP contribution in [0.2, 0.25) is 0 Å². The number of alkyl halides is 13. The van der Waals surface area contributed by atoms with Crippen LogP contribution >= 0.6 is 151 Å². The predicted octanol–water partition coefficient (Wildman–Crippen LogP) is 7.86. The Balaban J connectivity index is 5.92. The molecule has 19 heavy (non-hydrogen) atoms. The fourth-order valence-electron chi connectivity index (χ4n) is 0.722. The van der Waals surface area contributed by atoms with Crippen molar-refractivity contribution in [1.29, 1.82) is 0 Å². The van der Waals surface area contributed by atoms with E-state index < -0.39 is 26.0 Å². The summed E-state index contributed by atoms with van der Waals surface area (Å²) in [6.07, 6.45) is 0. The molecule has 0 spiro atoms. The van der Waals surface area contributed by atoms with Gasteiger partial charge < -0.3 is 0 Å². The second kappa shape index (κ2) is 6.95. The van der Waals surface area contributed by atoms with Gasteiger partial charge in [-0.3, -0.25) is 0 Å². The number of hydrogen-bond acceptors (Lipinski definition) is 0. The second-order valence-electron chi connectivity index (χ2n) is 3.14. The van der Waals surface area contributed by atoms with Crippen LogP contribution in [-0.4, -0.2) is 26.0 Å². The SMILES string of the molecule is ClC(Cl)C(Cl)(Cl)C(Cl)(Cl)C(Cl)(Cl)C(Cl)(Cl)C(Cl)(Cl)Cl. The maximum Gasteiger partial charge on any atom is 0.226 e. The van der Waals surface area contributed by atoms with E-state index in [1.807, 2.05) is 0 Å². The molecule has 13 heteroatoms. The van der Waals surface area contributed by atoms with Crippen LogP contribution in [0.1, 0.15) is 0 Å². The van der Waals surface area contributed by atoms with Crippen LogP contribution in [0.4, 0.5) is 0 Å². The molecular weight excluding hydrogens is 533 g/mol. The van der Waals surface area contributed by atoms with Gasteiger partial charge in [-0.05, 0) is 0 Å². The Morgan fingerprint density at radius 3 is 1.00 bits per heavy atom. The maximum atomic E-state index is 5.93. The van der Waals surface area contributed by atoms with Crippen LogP contribution in [0.3, 0.4) is 0 Å². The first kappa shape index (κ1) is 22.8. The third-order valence-corrected chi connectivity index (χ3v) is 9.96. The van der Waals surface area contributed by atoms with E-state index in [2.05, 4.69) is 0 Å². The molecule has 0 nitrogen and oxygen atoms in total. The van der Waals surface area contributed by atoms with Gasteiger partial charge in [-0.2, -0.15) is 0 Å². The van der Waals surface area contributed by atoms with Crippen molar-refractivity contribution in [1.82, 2.24) is 0 Å². The highest BCUT2D eigenvalue weighted by atomic mass is 35.6. The van der Waals surface area contributed by atoms with Crippen molar-refractivity contribution < 1.29 is 0 Å². The molecule has 0 bridgehead atoms. The van der Waals surface area contributed by atoms with E-state index in [0.717, 1.165) is 0 Å². The Bertz CT molecular complexity index is 323. The summed E-state index contributed by atoms with van der Waals surface area (Å²) in [6.45, 7) is 0. The van der Waals surface area contributed by atoms with Crippen LogP contribution in [0.25, 0.3) is 0 Å². The average Bonchev–Trinajstić information content (AvgIpc) is 2.14. The lowest BCUT2D eigenvalue weighted by molar-refractivity contribution is 0.542. The molecule has 0 unspecified atom stereocenters. The molecule has 116 valence electrons. The van der Waals surface area contributed by atoms with E-state index in [9.17, 15) is 0 Å². The highest BCUT2D eigenvalue weighted by Gasteiger charge is 2.74. The average molecular weight is 534 g/mol. The zero-order chi connectivity index (χ0) is 16.1. The molecule has 0 aromatic carbocycles. The number of rotatable bonds is 4. The van der Waals surface area contributed by atoms with Crippen LogP contribution in [0.15, 0.2) is 0 Å². The lowest BCUT2D eigenvalue weighted by atomic mass is 10.1. The summed E-state index contributed by atoms with van der Waals surface area (Å²) in [6, 6.07) is 0. The Hall–Kier alpha value is 3.77. The molecule has 0 aliphatic carbocycles. The van der Waals surface area contributed by atoms with Gasteiger partial charge in [0.25, 0.3) is 0 Å². The van der Waals surface area contributed by atoms with E-state index in [1.165, 1.54) is 0 Å². The Morgan fingerprint density at radius 2 is 0.789 bits per heavy atom. The minimum absolute atomic E-state index is 1.53. The van der Waals surface area contributed by atoms with Crippen molar-refractivity contribution in [3.8, 4) is 0 Å². The topological polar surface area (TPSA) is 0 Å². The fourth-order valence-corrected chi connectivity index (χ4v) is 4.02. The van der Waals surface area contributed by atoms with Gasteiger partial charge in [0.15, 0.2) is 13.0 Å². The second-order valence-corrected chi connectivity index (χ2v) is 11.9. The molecule has 0 saturated heterocycles. The lowest BCUT2D eigenvalue weighted by Crippen LogP contribution is -2.63. The molecule has 0 rings (SSSR count). The summed E-state index contributed by atoms with van der Waals surface area (Å²) in [5.74, 6) is 0. The van der Waals surface area contributed by atoms with Gasteiger partial charge in [-0.1, -0.05) is 128 Å². The van der Waals surface area contributed by atoms with E-state index in [0.29, 0.717) is 0 Å². The lowest BCUT2D eigenvalue weighted by Gasteiger charge is -2.48. The molecule has 0 aromatic heterocycles. The fraction of sp³-hybridized carbons (Fsp3) is 1.00. The van der Waals surface area contributed by atoms with Crippen molar-refractivity contribution >= 4 is 151 Å². The molecule has 0 aromatic rings. The molecule has 0 atom stereocenters. The highest BCUT2D eigenvalue weighted by Crippen LogP contribution is 2.67. The van der Waals surface area contributed by atoms with Crippen LogP contribution in [-0.2, 0) is 0 Å². The number of hydrogen-bond donors (Lipinski definition) is 0. The summed E-state index contributed by atoms with van der Waals surface area (Å²) in [7, 11) is 0. The van der Waals surface area contributed by atoms with Gasteiger partial charge in [0.2, 0.25) is 8.13 Å². The summed E-state index contributed by atoms with van der Waals surface area (Å²) in [5, 5.41) is 0. The van der Waals surface area contributed by atoms with Crippen LogP contribution in [0.5, 0.6) is 0 Å². The third kappa shape index (κ3) is 4.06. The minimum atomic E-state index is -2.58. The third-order valence-electron chi connectivity index (χ3n) is 1.84. The van der Waals surface area contributed by atoms with Crippen molar-refractivity contribution in [3.05, 3.63) is 0 Å². The van der Waals surface area contributed by atoms with E-state index in [1.54, 1.807) is 0 Å². The van der Waals surface area contributed by atoms with Gasteiger partial charge in [-0.15, -0.1) is 23.2 Å². The largest absolute Gasteiger partial charge is 0.226 e. The zero-order valence-corrected chi connectivity index (χ0v) is 17.8. The first-order valence-corrected chi connectivity index (χ1v) is 8.83.